The van der Waals surface area contributed by atoms with E-state index in [2.05, 4.69) is 11.8 Å². The fourth-order valence-electron chi connectivity index (χ4n) is 4.75. The van der Waals surface area contributed by atoms with E-state index in [9.17, 15) is 4.79 Å². The Balaban J connectivity index is 1.48. The summed E-state index contributed by atoms with van der Waals surface area (Å²) >= 11 is 6.31. The quantitative estimate of drug-likeness (QED) is 0.675. The molecule has 0 aliphatic carbocycles. The van der Waals surface area contributed by atoms with Gasteiger partial charge in [0.2, 0.25) is 0 Å². The van der Waals surface area contributed by atoms with E-state index in [-0.39, 0.29) is 18.0 Å². The average molecular weight is 439 g/mol. The number of nitrogens with zero attached hydrogens (tertiary/aromatic N) is 5. The van der Waals surface area contributed by atoms with Crippen molar-refractivity contribution in [3.63, 3.8) is 0 Å². The van der Waals surface area contributed by atoms with Gasteiger partial charge in [0.25, 0.3) is 5.91 Å². The molecule has 7 nitrogen and oxygen atoms in total. The van der Waals surface area contributed by atoms with Gasteiger partial charge in [-0.05, 0) is 44.7 Å². The first-order chi connectivity index (χ1) is 15.0. The first-order valence-corrected chi connectivity index (χ1v) is 11.3. The lowest BCUT2D eigenvalue weighted by molar-refractivity contribution is 0.0606. The van der Waals surface area contributed by atoms with Gasteiger partial charge in [-0.1, -0.05) is 23.7 Å². The van der Waals surface area contributed by atoms with Gasteiger partial charge in [0, 0.05) is 43.5 Å². The molecule has 162 valence electrons. The number of halogens is 1. The summed E-state index contributed by atoms with van der Waals surface area (Å²) < 4.78 is 1.83. The second-order valence-electron chi connectivity index (χ2n) is 8.60. The second kappa shape index (κ2) is 8.13. The van der Waals surface area contributed by atoms with Crippen molar-refractivity contribution in [1.82, 2.24) is 19.5 Å². The number of carbonyl (C=O) groups is 1. The Morgan fingerprint density at radius 1 is 1.19 bits per heavy atom. The molecule has 5 rings (SSSR count). The molecule has 2 saturated heterocycles. The van der Waals surface area contributed by atoms with Crippen molar-refractivity contribution in [1.29, 1.82) is 0 Å². The first-order valence-electron chi connectivity index (χ1n) is 10.9. The molecule has 0 bridgehead atoms. The Bertz CT molecular complexity index is 1130. The molecule has 0 radical (unpaired) electrons. The van der Waals surface area contributed by atoms with Gasteiger partial charge in [0.1, 0.15) is 5.82 Å². The monoisotopic (exact) mass is 438 g/mol. The largest absolute Gasteiger partial charge is 0.355 e. The van der Waals surface area contributed by atoms with Crippen molar-refractivity contribution < 1.29 is 4.79 Å². The SMILES string of the molecule is Cc1cn2nc([C@@H]3CCCCN3C(=O)c3ccccc3Cl)cc2nc1N1CC[C@H](N)C1. The van der Waals surface area contributed by atoms with Crippen LogP contribution in [-0.4, -0.2) is 51.1 Å². The van der Waals surface area contributed by atoms with Crippen LogP contribution in [-0.2, 0) is 0 Å². The molecule has 0 unspecified atom stereocenters. The van der Waals surface area contributed by atoms with Crippen LogP contribution in [0.4, 0.5) is 5.82 Å². The molecule has 2 N–H and O–H groups in total. The zero-order valence-electron chi connectivity index (χ0n) is 17.7. The van der Waals surface area contributed by atoms with Crippen LogP contribution in [0.2, 0.25) is 5.02 Å². The van der Waals surface area contributed by atoms with E-state index in [1.165, 1.54) is 0 Å². The van der Waals surface area contributed by atoms with Crippen molar-refractivity contribution >= 4 is 29.0 Å². The molecule has 2 fully saturated rings. The van der Waals surface area contributed by atoms with Crippen LogP contribution in [0.5, 0.6) is 0 Å². The van der Waals surface area contributed by atoms with Gasteiger partial charge in [-0.3, -0.25) is 4.79 Å². The maximum atomic E-state index is 13.3. The third kappa shape index (κ3) is 3.77. The molecule has 4 heterocycles. The van der Waals surface area contributed by atoms with E-state index >= 15 is 0 Å². The predicted octanol–water partition coefficient (Wildman–Crippen LogP) is 3.60. The molecule has 31 heavy (non-hydrogen) atoms. The summed E-state index contributed by atoms with van der Waals surface area (Å²) in [6.07, 6.45) is 5.93. The molecule has 3 aromatic rings. The summed E-state index contributed by atoms with van der Waals surface area (Å²) in [5.74, 6) is 0.933. The number of aryl methyl sites for hydroxylation is 1. The van der Waals surface area contributed by atoms with Crippen molar-refractivity contribution in [2.75, 3.05) is 24.5 Å². The number of piperidine rings is 1. The molecule has 2 aliphatic rings. The Morgan fingerprint density at radius 3 is 2.81 bits per heavy atom. The minimum Gasteiger partial charge on any atom is -0.355 e. The zero-order valence-corrected chi connectivity index (χ0v) is 18.4. The van der Waals surface area contributed by atoms with E-state index in [1.54, 1.807) is 12.1 Å². The highest BCUT2D eigenvalue weighted by molar-refractivity contribution is 6.33. The summed E-state index contributed by atoms with van der Waals surface area (Å²) in [6.45, 7) is 4.51. The number of benzene rings is 1. The van der Waals surface area contributed by atoms with E-state index in [1.807, 2.05) is 33.8 Å². The van der Waals surface area contributed by atoms with Crippen LogP contribution < -0.4 is 10.6 Å². The van der Waals surface area contributed by atoms with Gasteiger partial charge in [-0.2, -0.15) is 5.10 Å². The van der Waals surface area contributed by atoms with E-state index in [0.29, 0.717) is 17.1 Å². The fraction of sp³-hybridized carbons (Fsp3) is 0.435. The smallest absolute Gasteiger partial charge is 0.255 e. The lowest BCUT2D eigenvalue weighted by atomic mass is 9.98. The van der Waals surface area contributed by atoms with Crippen LogP contribution in [0.15, 0.2) is 36.5 Å². The van der Waals surface area contributed by atoms with Crippen molar-refractivity contribution in [2.24, 2.45) is 5.73 Å². The molecule has 0 saturated carbocycles. The van der Waals surface area contributed by atoms with Gasteiger partial charge < -0.3 is 15.5 Å². The summed E-state index contributed by atoms with van der Waals surface area (Å²) in [5.41, 5.74) is 9.39. The number of fused-ring (bicyclic) bond motifs is 1. The Kier molecular flexibility index (Phi) is 5.32. The predicted molar refractivity (Wildman–Crippen MR) is 122 cm³/mol. The van der Waals surface area contributed by atoms with Crippen molar-refractivity contribution in [3.8, 4) is 0 Å². The van der Waals surface area contributed by atoms with E-state index in [0.717, 1.165) is 61.5 Å². The number of likely N-dealkylation sites (tertiary alicyclic amines) is 1. The second-order valence-corrected chi connectivity index (χ2v) is 9.01. The fourth-order valence-corrected chi connectivity index (χ4v) is 4.97. The highest BCUT2D eigenvalue weighted by atomic mass is 35.5. The number of amides is 1. The van der Waals surface area contributed by atoms with Gasteiger partial charge in [0.15, 0.2) is 5.65 Å². The van der Waals surface area contributed by atoms with Crippen molar-refractivity contribution in [2.45, 2.75) is 44.7 Å². The third-order valence-electron chi connectivity index (χ3n) is 6.36. The van der Waals surface area contributed by atoms with Crippen LogP contribution in [0.25, 0.3) is 5.65 Å². The number of nitrogens with two attached hydrogens (primary N) is 1. The summed E-state index contributed by atoms with van der Waals surface area (Å²) in [6, 6.07) is 9.37. The highest BCUT2D eigenvalue weighted by Crippen LogP contribution is 2.33. The lowest BCUT2D eigenvalue weighted by Gasteiger charge is -2.35. The number of aromatic nitrogens is 3. The van der Waals surface area contributed by atoms with E-state index < -0.39 is 0 Å². The van der Waals surface area contributed by atoms with Gasteiger partial charge in [0.05, 0.1) is 22.3 Å². The average Bonchev–Trinajstić information content (AvgIpc) is 3.38. The van der Waals surface area contributed by atoms with E-state index in [4.69, 9.17) is 27.4 Å². The zero-order chi connectivity index (χ0) is 21.5. The lowest BCUT2D eigenvalue weighted by Crippen LogP contribution is -2.38. The Hall–Kier alpha value is -2.64. The molecular weight excluding hydrogens is 412 g/mol. The van der Waals surface area contributed by atoms with Crippen molar-refractivity contribution in [3.05, 3.63) is 58.4 Å². The van der Waals surface area contributed by atoms with Crippen LogP contribution in [0.1, 0.15) is 53.3 Å². The molecule has 1 amide bonds. The maximum Gasteiger partial charge on any atom is 0.255 e. The normalized spacial score (nSPS) is 21.8. The van der Waals surface area contributed by atoms with Gasteiger partial charge in [-0.25, -0.2) is 9.50 Å². The van der Waals surface area contributed by atoms with Crippen LogP contribution in [0, 0.1) is 6.92 Å². The van der Waals surface area contributed by atoms with Gasteiger partial charge in [-0.15, -0.1) is 0 Å². The molecule has 2 aromatic heterocycles. The summed E-state index contributed by atoms with van der Waals surface area (Å²) in [7, 11) is 0. The molecule has 0 spiro atoms. The minimum atomic E-state index is -0.0804. The minimum absolute atomic E-state index is 0.0387. The third-order valence-corrected chi connectivity index (χ3v) is 6.69. The molecular formula is C23H27ClN6O. The summed E-state index contributed by atoms with van der Waals surface area (Å²) in [5, 5.41) is 5.30. The number of anilines is 1. The Morgan fingerprint density at radius 2 is 2.03 bits per heavy atom. The number of carbonyl (C=O) groups excluding carboxylic acids is 1. The summed E-state index contributed by atoms with van der Waals surface area (Å²) in [4.78, 5) is 22.4. The van der Waals surface area contributed by atoms with Gasteiger partial charge >= 0.3 is 0 Å². The molecule has 2 aliphatic heterocycles. The first kappa shape index (κ1) is 20.3. The standard InChI is InChI=1S/C23H27ClN6O/c1-15-13-30-21(26-22(15)28-11-9-16(25)14-28)12-19(27-30)20-8-4-5-10-29(20)23(31)17-6-2-3-7-18(17)24/h2-3,6-7,12-13,16,20H,4-5,8-11,14,25H2,1H3/t16-,20-/m0/s1. The molecule has 2 atom stereocenters. The van der Waals surface area contributed by atoms with Crippen LogP contribution in [0.3, 0.4) is 0 Å². The van der Waals surface area contributed by atoms with Crippen LogP contribution >= 0.6 is 11.6 Å². The number of hydrogen-bond donors (Lipinski definition) is 1. The number of hydrogen-bond acceptors (Lipinski definition) is 5. The maximum absolute atomic E-state index is 13.3. The highest BCUT2D eigenvalue weighted by Gasteiger charge is 2.32. The molecule has 1 aromatic carbocycles. The Labute approximate surface area is 186 Å². The number of rotatable bonds is 3. The molecule has 8 heteroatoms. The topological polar surface area (TPSA) is 79.8 Å².